The summed E-state index contributed by atoms with van der Waals surface area (Å²) in [5.74, 6) is 0.936. The van der Waals surface area contributed by atoms with E-state index in [2.05, 4.69) is 11.4 Å². The lowest BCUT2D eigenvalue weighted by Crippen LogP contribution is -2.40. The van der Waals surface area contributed by atoms with Gasteiger partial charge in [0.25, 0.3) is 0 Å². The number of aliphatic hydroxyl groups is 1. The van der Waals surface area contributed by atoms with Gasteiger partial charge in [-0.05, 0) is 6.07 Å². The van der Waals surface area contributed by atoms with E-state index in [1.54, 1.807) is 7.11 Å². The molecular formula is C13H19NO3. The Labute approximate surface area is 102 Å². The minimum atomic E-state index is -0.0313. The van der Waals surface area contributed by atoms with Gasteiger partial charge >= 0.3 is 0 Å². The van der Waals surface area contributed by atoms with Crippen LogP contribution in [0.3, 0.4) is 0 Å². The lowest BCUT2D eigenvalue weighted by molar-refractivity contribution is 0.116. The lowest BCUT2D eigenvalue weighted by Gasteiger charge is -2.29. The molecule has 2 N–H and O–H groups in total. The standard InChI is InChI=1S/C13H19NO3/c1-16-9-10(8-15)14-12-6-7-17-13-5-3-2-4-11(12)13/h2-5,10,12,14-15H,6-9H2,1H3. The molecule has 4 nitrogen and oxygen atoms in total. The summed E-state index contributed by atoms with van der Waals surface area (Å²) in [5.41, 5.74) is 1.16. The fraction of sp³-hybridized carbons (Fsp3) is 0.538. The van der Waals surface area contributed by atoms with Crippen LogP contribution in [-0.2, 0) is 4.74 Å². The van der Waals surface area contributed by atoms with Crippen molar-refractivity contribution >= 4 is 0 Å². The number of methoxy groups -OCH3 is 1. The second kappa shape index (κ2) is 6.00. The minimum absolute atomic E-state index is 0.0313. The second-order valence-corrected chi connectivity index (χ2v) is 4.23. The van der Waals surface area contributed by atoms with Crippen LogP contribution in [0.15, 0.2) is 24.3 Å². The van der Waals surface area contributed by atoms with Crippen molar-refractivity contribution in [2.75, 3.05) is 26.9 Å². The first kappa shape index (κ1) is 12.4. The van der Waals surface area contributed by atoms with Gasteiger partial charge in [0.05, 0.1) is 25.9 Å². The van der Waals surface area contributed by atoms with Gasteiger partial charge in [-0.2, -0.15) is 0 Å². The van der Waals surface area contributed by atoms with Gasteiger partial charge in [0.2, 0.25) is 0 Å². The maximum Gasteiger partial charge on any atom is 0.124 e. The number of fused-ring (bicyclic) bond motifs is 1. The predicted molar refractivity (Wildman–Crippen MR) is 65.2 cm³/mol. The van der Waals surface area contributed by atoms with Gasteiger partial charge in [-0.15, -0.1) is 0 Å². The molecular weight excluding hydrogens is 218 g/mol. The average Bonchev–Trinajstić information content (AvgIpc) is 2.38. The molecule has 1 aliphatic rings. The Morgan fingerprint density at radius 1 is 1.53 bits per heavy atom. The van der Waals surface area contributed by atoms with Crippen LogP contribution in [0.25, 0.3) is 0 Å². The largest absolute Gasteiger partial charge is 0.493 e. The molecule has 0 aliphatic carbocycles. The van der Waals surface area contributed by atoms with E-state index in [4.69, 9.17) is 9.47 Å². The summed E-state index contributed by atoms with van der Waals surface area (Å²) in [6.45, 7) is 1.29. The van der Waals surface area contributed by atoms with Crippen molar-refractivity contribution in [2.45, 2.75) is 18.5 Å². The van der Waals surface area contributed by atoms with Gasteiger partial charge in [0.15, 0.2) is 0 Å². The zero-order chi connectivity index (χ0) is 12.1. The van der Waals surface area contributed by atoms with Crippen LogP contribution in [-0.4, -0.2) is 38.1 Å². The molecule has 0 spiro atoms. The van der Waals surface area contributed by atoms with E-state index in [0.29, 0.717) is 13.2 Å². The maximum atomic E-state index is 9.26. The van der Waals surface area contributed by atoms with Crippen molar-refractivity contribution in [1.82, 2.24) is 5.32 Å². The quantitative estimate of drug-likeness (QED) is 0.805. The van der Waals surface area contributed by atoms with Crippen LogP contribution in [0.5, 0.6) is 5.75 Å². The zero-order valence-electron chi connectivity index (χ0n) is 10.1. The van der Waals surface area contributed by atoms with Crippen molar-refractivity contribution in [3.05, 3.63) is 29.8 Å². The van der Waals surface area contributed by atoms with E-state index >= 15 is 0 Å². The third-order valence-corrected chi connectivity index (χ3v) is 2.98. The van der Waals surface area contributed by atoms with Gasteiger partial charge in [-0.1, -0.05) is 18.2 Å². The third-order valence-electron chi connectivity index (χ3n) is 2.98. The topological polar surface area (TPSA) is 50.7 Å². The number of nitrogens with one attached hydrogen (secondary N) is 1. The molecule has 1 aromatic carbocycles. The molecule has 1 aromatic rings. The molecule has 1 aliphatic heterocycles. The van der Waals surface area contributed by atoms with Crippen LogP contribution in [0.2, 0.25) is 0 Å². The van der Waals surface area contributed by atoms with Crippen molar-refractivity contribution in [3.63, 3.8) is 0 Å². The molecule has 0 saturated heterocycles. The number of benzene rings is 1. The van der Waals surface area contributed by atoms with Crippen molar-refractivity contribution in [1.29, 1.82) is 0 Å². The molecule has 2 unspecified atom stereocenters. The Bertz CT molecular complexity index is 356. The summed E-state index contributed by atoms with van der Waals surface area (Å²) >= 11 is 0. The van der Waals surface area contributed by atoms with Crippen LogP contribution in [0.1, 0.15) is 18.0 Å². The molecule has 17 heavy (non-hydrogen) atoms. The molecule has 1 heterocycles. The van der Waals surface area contributed by atoms with Gasteiger partial charge in [-0.3, -0.25) is 0 Å². The summed E-state index contributed by atoms with van der Waals surface area (Å²) in [4.78, 5) is 0. The van der Waals surface area contributed by atoms with Crippen molar-refractivity contribution in [3.8, 4) is 5.75 Å². The third kappa shape index (κ3) is 2.97. The molecule has 94 valence electrons. The Kier molecular flexibility index (Phi) is 4.36. The highest BCUT2D eigenvalue weighted by molar-refractivity contribution is 5.37. The molecule has 0 radical (unpaired) electrons. The molecule has 0 amide bonds. The van der Waals surface area contributed by atoms with Crippen LogP contribution >= 0.6 is 0 Å². The highest BCUT2D eigenvalue weighted by Crippen LogP contribution is 2.31. The van der Waals surface area contributed by atoms with Gasteiger partial charge in [-0.25, -0.2) is 0 Å². The SMILES string of the molecule is COCC(CO)NC1CCOc2ccccc21. The van der Waals surface area contributed by atoms with Crippen molar-refractivity contribution < 1.29 is 14.6 Å². The number of rotatable bonds is 5. The van der Waals surface area contributed by atoms with E-state index in [1.165, 1.54) is 0 Å². The Morgan fingerprint density at radius 3 is 3.12 bits per heavy atom. The lowest BCUT2D eigenvalue weighted by atomic mass is 10.00. The number of aliphatic hydroxyl groups excluding tert-OH is 1. The van der Waals surface area contributed by atoms with E-state index in [1.807, 2.05) is 18.2 Å². The molecule has 2 atom stereocenters. The Morgan fingerprint density at radius 2 is 2.35 bits per heavy atom. The second-order valence-electron chi connectivity index (χ2n) is 4.23. The molecule has 4 heteroatoms. The Balaban J connectivity index is 2.07. The summed E-state index contributed by atoms with van der Waals surface area (Å²) < 4.78 is 10.7. The number of ether oxygens (including phenoxy) is 2. The number of hydrogen-bond donors (Lipinski definition) is 2. The van der Waals surface area contributed by atoms with E-state index < -0.39 is 0 Å². The first-order valence-corrected chi connectivity index (χ1v) is 5.92. The van der Waals surface area contributed by atoms with E-state index in [9.17, 15) is 5.11 Å². The van der Waals surface area contributed by atoms with E-state index in [0.717, 1.165) is 17.7 Å². The van der Waals surface area contributed by atoms with Gasteiger partial charge in [0.1, 0.15) is 5.75 Å². The van der Waals surface area contributed by atoms with Crippen LogP contribution in [0.4, 0.5) is 0 Å². The smallest absolute Gasteiger partial charge is 0.124 e. The molecule has 0 aromatic heterocycles. The first-order valence-electron chi connectivity index (χ1n) is 5.92. The van der Waals surface area contributed by atoms with Crippen LogP contribution < -0.4 is 10.1 Å². The summed E-state index contributed by atoms with van der Waals surface area (Å²) in [6, 6.07) is 8.22. The number of para-hydroxylation sites is 1. The molecule has 0 fully saturated rings. The zero-order valence-corrected chi connectivity index (χ0v) is 10.1. The minimum Gasteiger partial charge on any atom is -0.493 e. The number of hydrogen-bond acceptors (Lipinski definition) is 4. The molecule has 2 rings (SSSR count). The average molecular weight is 237 g/mol. The first-order chi connectivity index (χ1) is 8.35. The fourth-order valence-electron chi connectivity index (χ4n) is 2.15. The highest BCUT2D eigenvalue weighted by Gasteiger charge is 2.23. The predicted octanol–water partition coefficient (Wildman–Crippen LogP) is 1.11. The summed E-state index contributed by atoms with van der Waals surface area (Å²) in [5, 5.41) is 12.7. The molecule has 0 bridgehead atoms. The van der Waals surface area contributed by atoms with Crippen molar-refractivity contribution in [2.24, 2.45) is 0 Å². The highest BCUT2D eigenvalue weighted by atomic mass is 16.5. The molecule has 0 saturated carbocycles. The van der Waals surface area contributed by atoms with E-state index in [-0.39, 0.29) is 18.7 Å². The summed E-state index contributed by atoms with van der Waals surface area (Å²) in [7, 11) is 1.64. The normalized spacial score (nSPS) is 20.5. The van der Waals surface area contributed by atoms with Crippen LogP contribution in [0, 0.1) is 0 Å². The fourth-order valence-corrected chi connectivity index (χ4v) is 2.15. The monoisotopic (exact) mass is 237 g/mol. The van der Waals surface area contributed by atoms with Gasteiger partial charge in [0, 0.05) is 25.1 Å². The van der Waals surface area contributed by atoms with Gasteiger partial charge < -0.3 is 19.9 Å². The Hall–Kier alpha value is -1.10. The maximum absolute atomic E-state index is 9.26. The summed E-state index contributed by atoms with van der Waals surface area (Å²) in [6.07, 6.45) is 0.914.